The SMILES string of the molecule is Cc1nc(-c2ccccc2C#N)sc1C(=O)N1CCN(C(C)C)CC1. The van der Waals surface area contributed by atoms with Gasteiger partial charge in [-0.25, -0.2) is 4.98 Å². The number of aromatic nitrogens is 1. The normalized spacial score (nSPS) is 15.4. The number of rotatable bonds is 3. The number of hydrogen-bond donors (Lipinski definition) is 0. The van der Waals surface area contributed by atoms with E-state index in [9.17, 15) is 10.1 Å². The third kappa shape index (κ3) is 3.58. The lowest BCUT2D eigenvalue weighted by atomic mass is 10.1. The number of thiazole rings is 1. The molecule has 0 aliphatic carbocycles. The lowest BCUT2D eigenvalue weighted by Crippen LogP contribution is -2.50. The minimum absolute atomic E-state index is 0.0547. The molecule has 130 valence electrons. The van der Waals surface area contributed by atoms with Crippen molar-refractivity contribution in [2.45, 2.75) is 26.8 Å². The van der Waals surface area contributed by atoms with Crippen molar-refractivity contribution in [1.29, 1.82) is 5.26 Å². The highest BCUT2D eigenvalue weighted by atomic mass is 32.1. The van der Waals surface area contributed by atoms with Crippen LogP contribution in [0.25, 0.3) is 10.6 Å². The Kier molecular flexibility index (Phi) is 5.16. The Hall–Kier alpha value is -2.23. The fraction of sp³-hybridized carbons (Fsp3) is 0.421. The lowest BCUT2D eigenvalue weighted by Gasteiger charge is -2.36. The quantitative estimate of drug-likeness (QED) is 0.849. The lowest BCUT2D eigenvalue weighted by molar-refractivity contribution is 0.0599. The molecule has 1 aliphatic rings. The summed E-state index contributed by atoms with van der Waals surface area (Å²) >= 11 is 1.38. The summed E-state index contributed by atoms with van der Waals surface area (Å²) in [5.74, 6) is 0.0547. The van der Waals surface area contributed by atoms with Gasteiger partial charge < -0.3 is 4.90 Å². The van der Waals surface area contributed by atoms with Gasteiger partial charge in [0.25, 0.3) is 5.91 Å². The number of benzene rings is 1. The van der Waals surface area contributed by atoms with Crippen LogP contribution < -0.4 is 0 Å². The van der Waals surface area contributed by atoms with E-state index in [1.807, 2.05) is 30.0 Å². The molecule has 0 spiro atoms. The summed E-state index contributed by atoms with van der Waals surface area (Å²) < 4.78 is 0. The van der Waals surface area contributed by atoms with Gasteiger partial charge in [0, 0.05) is 37.8 Å². The maximum atomic E-state index is 12.9. The van der Waals surface area contributed by atoms with Gasteiger partial charge in [0.05, 0.1) is 17.3 Å². The van der Waals surface area contributed by atoms with Crippen LogP contribution in [0, 0.1) is 18.3 Å². The van der Waals surface area contributed by atoms with Crippen molar-refractivity contribution in [3.05, 3.63) is 40.4 Å². The minimum atomic E-state index is 0.0547. The second-order valence-corrected chi connectivity index (χ2v) is 7.51. The van der Waals surface area contributed by atoms with Crippen LogP contribution in [0.5, 0.6) is 0 Å². The number of nitriles is 1. The van der Waals surface area contributed by atoms with Crippen LogP contribution in [-0.2, 0) is 0 Å². The number of carbonyl (C=O) groups is 1. The molecule has 1 saturated heterocycles. The van der Waals surface area contributed by atoms with E-state index in [0.29, 0.717) is 16.5 Å². The zero-order chi connectivity index (χ0) is 18.0. The van der Waals surface area contributed by atoms with E-state index < -0.39 is 0 Å². The van der Waals surface area contributed by atoms with Gasteiger partial charge in [0.15, 0.2) is 0 Å². The molecule has 0 N–H and O–H groups in total. The van der Waals surface area contributed by atoms with Crippen molar-refractivity contribution in [1.82, 2.24) is 14.8 Å². The number of aryl methyl sites for hydroxylation is 1. The van der Waals surface area contributed by atoms with Crippen LogP contribution in [0.4, 0.5) is 0 Å². The Morgan fingerprint density at radius 2 is 1.92 bits per heavy atom. The van der Waals surface area contributed by atoms with Gasteiger partial charge in [-0.2, -0.15) is 5.26 Å². The summed E-state index contributed by atoms with van der Waals surface area (Å²) in [4.78, 5) is 22.5. The molecule has 1 fully saturated rings. The van der Waals surface area contributed by atoms with E-state index in [2.05, 4.69) is 29.8 Å². The van der Waals surface area contributed by atoms with Gasteiger partial charge in [-0.05, 0) is 26.8 Å². The summed E-state index contributed by atoms with van der Waals surface area (Å²) in [6.07, 6.45) is 0. The summed E-state index contributed by atoms with van der Waals surface area (Å²) in [6.45, 7) is 9.55. The smallest absolute Gasteiger partial charge is 0.265 e. The number of nitrogens with zero attached hydrogens (tertiary/aromatic N) is 4. The topological polar surface area (TPSA) is 60.2 Å². The molecular weight excluding hydrogens is 332 g/mol. The zero-order valence-corrected chi connectivity index (χ0v) is 15.6. The van der Waals surface area contributed by atoms with Crippen LogP contribution in [0.1, 0.15) is 34.8 Å². The molecule has 3 rings (SSSR count). The third-order valence-corrected chi connectivity index (χ3v) is 5.78. The van der Waals surface area contributed by atoms with Crippen molar-refractivity contribution in [2.24, 2.45) is 0 Å². The van der Waals surface area contributed by atoms with E-state index in [4.69, 9.17) is 0 Å². The molecule has 0 unspecified atom stereocenters. The zero-order valence-electron chi connectivity index (χ0n) is 14.8. The van der Waals surface area contributed by atoms with Crippen molar-refractivity contribution in [3.8, 4) is 16.6 Å². The monoisotopic (exact) mass is 354 g/mol. The molecule has 0 radical (unpaired) electrons. The molecule has 0 saturated carbocycles. The van der Waals surface area contributed by atoms with E-state index in [-0.39, 0.29) is 5.91 Å². The van der Waals surface area contributed by atoms with Gasteiger partial charge in [0.1, 0.15) is 9.88 Å². The first kappa shape index (κ1) is 17.6. The second-order valence-electron chi connectivity index (χ2n) is 6.51. The number of piperazine rings is 1. The molecule has 2 aromatic rings. The van der Waals surface area contributed by atoms with Crippen LogP contribution in [0.15, 0.2) is 24.3 Å². The van der Waals surface area contributed by atoms with Crippen LogP contribution >= 0.6 is 11.3 Å². The van der Waals surface area contributed by atoms with Crippen molar-refractivity contribution < 1.29 is 4.79 Å². The fourth-order valence-corrected chi connectivity index (χ4v) is 4.14. The molecule has 25 heavy (non-hydrogen) atoms. The third-order valence-electron chi connectivity index (χ3n) is 4.60. The van der Waals surface area contributed by atoms with Gasteiger partial charge in [-0.15, -0.1) is 11.3 Å². The van der Waals surface area contributed by atoms with Crippen LogP contribution in [0.2, 0.25) is 0 Å². The summed E-state index contributed by atoms with van der Waals surface area (Å²) in [7, 11) is 0. The minimum Gasteiger partial charge on any atom is -0.335 e. The van der Waals surface area contributed by atoms with Crippen LogP contribution in [0.3, 0.4) is 0 Å². The van der Waals surface area contributed by atoms with E-state index in [1.54, 1.807) is 6.07 Å². The predicted octanol–water partition coefficient (Wildman–Crippen LogP) is 3.16. The Labute approximate surface area is 152 Å². The van der Waals surface area contributed by atoms with Gasteiger partial charge in [-0.1, -0.05) is 18.2 Å². The van der Waals surface area contributed by atoms with Crippen molar-refractivity contribution in [3.63, 3.8) is 0 Å². The van der Waals surface area contributed by atoms with Gasteiger partial charge in [-0.3, -0.25) is 9.69 Å². The van der Waals surface area contributed by atoms with Gasteiger partial charge in [0.2, 0.25) is 0 Å². The first-order chi connectivity index (χ1) is 12.0. The first-order valence-electron chi connectivity index (χ1n) is 8.51. The number of amides is 1. The highest BCUT2D eigenvalue weighted by Gasteiger charge is 2.26. The van der Waals surface area contributed by atoms with E-state index >= 15 is 0 Å². The second kappa shape index (κ2) is 7.34. The molecule has 1 aliphatic heterocycles. The van der Waals surface area contributed by atoms with Crippen LogP contribution in [-0.4, -0.2) is 52.9 Å². The molecule has 1 aromatic carbocycles. The molecule has 6 heteroatoms. The molecule has 0 bridgehead atoms. The average Bonchev–Trinajstić information content (AvgIpc) is 3.02. The molecular formula is C19H22N4OS. The van der Waals surface area contributed by atoms with E-state index in [1.165, 1.54) is 11.3 Å². The first-order valence-corrected chi connectivity index (χ1v) is 9.33. The fourth-order valence-electron chi connectivity index (χ4n) is 3.06. The molecule has 5 nitrogen and oxygen atoms in total. The maximum absolute atomic E-state index is 12.9. The average molecular weight is 354 g/mol. The molecule has 1 aromatic heterocycles. The Morgan fingerprint density at radius 3 is 2.56 bits per heavy atom. The van der Waals surface area contributed by atoms with Crippen molar-refractivity contribution >= 4 is 17.2 Å². The highest BCUT2D eigenvalue weighted by Crippen LogP contribution is 2.31. The Morgan fingerprint density at radius 1 is 1.24 bits per heavy atom. The van der Waals surface area contributed by atoms with Crippen molar-refractivity contribution in [2.75, 3.05) is 26.2 Å². The Balaban J connectivity index is 1.81. The van der Waals surface area contributed by atoms with E-state index in [0.717, 1.165) is 42.4 Å². The van der Waals surface area contributed by atoms with Gasteiger partial charge >= 0.3 is 0 Å². The number of hydrogen-bond acceptors (Lipinski definition) is 5. The predicted molar refractivity (Wildman–Crippen MR) is 99.6 cm³/mol. The molecule has 0 atom stereocenters. The molecule has 2 heterocycles. The molecule has 1 amide bonds. The number of carbonyl (C=O) groups excluding carboxylic acids is 1. The largest absolute Gasteiger partial charge is 0.335 e. The summed E-state index contributed by atoms with van der Waals surface area (Å²) in [6, 6.07) is 10.1. The summed E-state index contributed by atoms with van der Waals surface area (Å²) in [5.41, 5.74) is 2.12. The standard InChI is InChI=1S/C19H22N4OS/c1-13(2)22-8-10-23(11-9-22)19(24)17-14(3)21-18(25-17)16-7-5-4-6-15(16)12-20/h4-7,13H,8-11H2,1-3H3. The maximum Gasteiger partial charge on any atom is 0.265 e. The summed E-state index contributed by atoms with van der Waals surface area (Å²) in [5, 5.41) is 10.0. The highest BCUT2D eigenvalue weighted by molar-refractivity contribution is 7.17. The Bertz CT molecular complexity index is 813.